The van der Waals surface area contributed by atoms with E-state index in [1.165, 1.54) is 6.21 Å². The maximum absolute atomic E-state index is 12.9. The predicted molar refractivity (Wildman–Crippen MR) is 115 cm³/mol. The molecule has 0 aliphatic carbocycles. The van der Waals surface area contributed by atoms with E-state index in [9.17, 15) is 4.79 Å². The number of hydrazone groups is 1. The average molecular weight is 384 g/mol. The standard InChI is InChI=1S/C23H20N4O2/c1-27(2)22-13-12-17(29-22)15-24-26-23(28)19-14-21(16-8-4-3-5-9-16)25-20-11-7-6-10-18(19)20/h3-15H,1-2H3,(H,26,28)/b24-15+. The first-order chi connectivity index (χ1) is 14.1. The second-order valence-electron chi connectivity index (χ2n) is 6.71. The summed E-state index contributed by atoms with van der Waals surface area (Å²) in [6.07, 6.45) is 1.48. The molecule has 29 heavy (non-hydrogen) atoms. The molecule has 0 saturated heterocycles. The molecule has 2 aromatic heterocycles. The smallest absolute Gasteiger partial charge is 0.272 e. The Morgan fingerprint density at radius 2 is 1.79 bits per heavy atom. The molecule has 4 rings (SSSR count). The number of rotatable bonds is 5. The van der Waals surface area contributed by atoms with Crippen molar-refractivity contribution in [1.82, 2.24) is 10.4 Å². The van der Waals surface area contributed by atoms with Crippen LogP contribution in [0, 0.1) is 0 Å². The van der Waals surface area contributed by atoms with E-state index in [1.807, 2.05) is 79.7 Å². The van der Waals surface area contributed by atoms with Crippen LogP contribution < -0.4 is 10.3 Å². The molecule has 6 nitrogen and oxygen atoms in total. The van der Waals surface area contributed by atoms with Crippen molar-refractivity contribution in [2.45, 2.75) is 0 Å². The Kier molecular flexibility index (Phi) is 5.07. The number of aromatic nitrogens is 1. The highest BCUT2D eigenvalue weighted by Crippen LogP contribution is 2.24. The first-order valence-corrected chi connectivity index (χ1v) is 9.17. The van der Waals surface area contributed by atoms with Crippen LogP contribution >= 0.6 is 0 Å². The molecule has 0 bridgehead atoms. The van der Waals surface area contributed by atoms with Crippen LogP contribution in [0.5, 0.6) is 0 Å². The fraction of sp³-hybridized carbons (Fsp3) is 0.0870. The topological polar surface area (TPSA) is 70.7 Å². The minimum Gasteiger partial charge on any atom is -0.440 e. The minimum atomic E-state index is -0.309. The summed E-state index contributed by atoms with van der Waals surface area (Å²) in [5, 5.41) is 4.81. The van der Waals surface area contributed by atoms with Crippen molar-refractivity contribution in [2.75, 3.05) is 19.0 Å². The highest BCUT2D eigenvalue weighted by molar-refractivity contribution is 6.07. The number of pyridine rings is 1. The highest BCUT2D eigenvalue weighted by Gasteiger charge is 2.13. The zero-order valence-electron chi connectivity index (χ0n) is 16.2. The molecule has 0 saturated carbocycles. The van der Waals surface area contributed by atoms with Gasteiger partial charge in [-0.1, -0.05) is 48.5 Å². The van der Waals surface area contributed by atoms with Gasteiger partial charge in [-0.05, 0) is 18.2 Å². The summed E-state index contributed by atoms with van der Waals surface area (Å²) in [6.45, 7) is 0. The zero-order valence-corrected chi connectivity index (χ0v) is 16.2. The van der Waals surface area contributed by atoms with E-state index in [-0.39, 0.29) is 5.91 Å². The number of para-hydroxylation sites is 1. The Balaban J connectivity index is 1.63. The van der Waals surface area contributed by atoms with Gasteiger partial charge in [-0.25, -0.2) is 10.4 Å². The van der Waals surface area contributed by atoms with Crippen LogP contribution in [0.4, 0.5) is 5.88 Å². The summed E-state index contributed by atoms with van der Waals surface area (Å²) in [7, 11) is 3.78. The number of anilines is 1. The second-order valence-corrected chi connectivity index (χ2v) is 6.71. The number of carbonyl (C=O) groups excluding carboxylic acids is 1. The van der Waals surface area contributed by atoms with Crippen molar-refractivity contribution < 1.29 is 9.21 Å². The maximum atomic E-state index is 12.9. The van der Waals surface area contributed by atoms with Gasteiger partial charge < -0.3 is 9.32 Å². The van der Waals surface area contributed by atoms with E-state index in [1.54, 1.807) is 12.1 Å². The maximum Gasteiger partial charge on any atom is 0.272 e. The molecule has 0 unspecified atom stereocenters. The predicted octanol–water partition coefficient (Wildman–Crippen LogP) is 4.32. The first kappa shape index (κ1) is 18.4. The van der Waals surface area contributed by atoms with E-state index in [4.69, 9.17) is 9.40 Å². The number of fused-ring (bicyclic) bond motifs is 1. The van der Waals surface area contributed by atoms with Gasteiger partial charge in [-0.3, -0.25) is 4.79 Å². The van der Waals surface area contributed by atoms with E-state index in [2.05, 4.69) is 10.5 Å². The molecule has 0 spiro atoms. The van der Waals surface area contributed by atoms with Gasteiger partial charge in [0, 0.05) is 31.1 Å². The SMILES string of the molecule is CN(C)c1ccc(/C=N/NC(=O)c2cc(-c3ccccc3)nc3ccccc23)o1. The van der Waals surface area contributed by atoms with Crippen LogP contribution in [0.15, 0.2) is 82.3 Å². The fourth-order valence-corrected chi connectivity index (χ4v) is 2.99. The van der Waals surface area contributed by atoms with Crippen molar-refractivity contribution in [1.29, 1.82) is 0 Å². The van der Waals surface area contributed by atoms with E-state index in [0.717, 1.165) is 22.2 Å². The monoisotopic (exact) mass is 384 g/mol. The lowest BCUT2D eigenvalue weighted by molar-refractivity contribution is 0.0956. The largest absolute Gasteiger partial charge is 0.440 e. The molecule has 1 N–H and O–H groups in total. The summed E-state index contributed by atoms with van der Waals surface area (Å²) in [4.78, 5) is 19.4. The van der Waals surface area contributed by atoms with Crippen LogP contribution in [-0.2, 0) is 0 Å². The van der Waals surface area contributed by atoms with Crippen molar-refractivity contribution in [3.63, 3.8) is 0 Å². The van der Waals surface area contributed by atoms with Gasteiger partial charge in [0.2, 0.25) is 0 Å². The van der Waals surface area contributed by atoms with Gasteiger partial charge in [-0.2, -0.15) is 5.10 Å². The Labute approximate surface area is 168 Å². The van der Waals surface area contributed by atoms with Crippen molar-refractivity contribution >= 4 is 28.9 Å². The lowest BCUT2D eigenvalue weighted by Crippen LogP contribution is -2.18. The summed E-state index contributed by atoms with van der Waals surface area (Å²) in [6, 6.07) is 22.8. The van der Waals surface area contributed by atoms with Crippen LogP contribution in [0.1, 0.15) is 16.1 Å². The van der Waals surface area contributed by atoms with Gasteiger partial charge in [0.1, 0.15) is 5.76 Å². The summed E-state index contributed by atoms with van der Waals surface area (Å²) in [5.41, 5.74) is 5.54. The Hall–Kier alpha value is -3.93. The van der Waals surface area contributed by atoms with Crippen molar-refractivity contribution in [3.05, 3.63) is 84.1 Å². The Morgan fingerprint density at radius 1 is 1.03 bits per heavy atom. The third-order valence-electron chi connectivity index (χ3n) is 4.44. The van der Waals surface area contributed by atoms with Crippen LogP contribution in [0.3, 0.4) is 0 Å². The number of nitrogens with one attached hydrogen (secondary N) is 1. The Bertz CT molecular complexity index is 1180. The second kappa shape index (κ2) is 7.98. The number of furan rings is 1. The zero-order chi connectivity index (χ0) is 20.2. The van der Waals surface area contributed by atoms with Crippen molar-refractivity contribution in [2.24, 2.45) is 5.10 Å². The summed E-state index contributed by atoms with van der Waals surface area (Å²) >= 11 is 0. The Morgan fingerprint density at radius 3 is 2.55 bits per heavy atom. The number of carbonyl (C=O) groups is 1. The molecule has 2 heterocycles. The van der Waals surface area contributed by atoms with E-state index >= 15 is 0 Å². The lowest BCUT2D eigenvalue weighted by atomic mass is 10.0. The minimum absolute atomic E-state index is 0.309. The van der Waals surface area contributed by atoms with Gasteiger partial charge >= 0.3 is 0 Å². The van der Waals surface area contributed by atoms with Gasteiger partial charge in [-0.15, -0.1) is 0 Å². The lowest BCUT2D eigenvalue weighted by Gasteiger charge is -2.09. The third kappa shape index (κ3) is 4.01. The normalized spacial score (nSPS) is 11.1. The third-order valence-corrected chi connectivity index (χ3v) is 4.44. The molecule has 4 aromatic rings. The number of benzene rings is 2. The average Bonchev–Trinajstić information content (AvgIpc) is 3.23. The molecule has 6 heteroatoms. The molecule has 2 aromatic carbocycles. The number of nitrogens with zero attached hydrogens (tertiary/aromatic N) is 3. The fourth-order valence-electron chi connectivity index (χ4n) is 2.99. The molecule has 0 aliphatic heterocycles. The van der Waals surface area contributed by atoms with Gasteiger partial charge in [0.15, 0.2) is 5.88 Å². The van der Waals surface area contributed by atoms with E-state index in [0.29, 0.717) is 17.2 Å². The number of hydrogen-bond donors (Lipinski definition) is 1. The number of amides is 1. The number of hydrogen-bond acceptors (Lipinski definition) is 5. The molecular weight excluding hydrogens is 364 g/mol. The highest BCUT2D eigenvalue weighted by atomic mass is 16.4. The molecule has 0 aliphatic rings. The van der Waals surface area contributed by atoms with Gasteiger partial charge in [0.25, 0.3) is 5.91 Å². The van der Waals surface area contributed by atoms with Crippen LogP contribution in [0.25, 0.3) is 22.2 Å². The molecule has 0 atom stereocenters. The van der Waals surface area contributed by atoms with Crippen LogP contribution in [-0.4, -0.2) is 31.2 Å². The molecule has 0 fully saturated rings. The molecular formula is C23H20N4O2. The van der Waals surface area contributed by atoms with E-state index < -0.39 is 0 Å². The molecule has 1 amide bonds. The first-order valence-electron chi connectivity index (χ1n) is 9.17. The quantitative estimate of drug-likeness (QED) is 0.411. The summed E-state index contributed by atoms with van der Waals surface area (Å²) in [5.74, 6) is 0.959. The summed E-state index contributed by atoms with van der Waals surface area (Å²) < 4.78 is 5.60. The molecule has 0 radical (unpaired) electrons. The van der Waals surface area contributed by atoms with Crippen LogP contribution in [0.2, 0.25) is 0 Å². The van der Waals surface area contributed by atoms with Gasteiger partial charge in [0.05, 0.1) is 23.0 Å². The van der Waals surface area contributed by atoms with Crippen molar-refractivity contribution in [3.8, 4) is 11.3 Å². The molecule has 144 valence electrons.